The summed E-state index contributed by atoms with van der Waals surface area (Å²) in [5, 5.41) is 9.56. The summed E-state index contributed by atoms with van der Waals surface area (Å²) in [6.45, 7) is 3.56. The second-order valence-corrected chi connectivity index (χ2v) is 6.91. The van der Waals surface area contributed by atoms with Crippen molar-refractivity contribution in [2.24, 2.45) is 0 Å². The minimum atomic E-state index is -0.213. The molecule has 0 aliphatic carbocycles. The zero-order valence-electron chi connectivity index (χ0n) is 15.4. The second kappa shape index (κ2) is 8.41. The molecule has 0 aliphatic rings. The summed E-state index contributed by atoms with van der Waals surface area (Å²) in [5.41, 5.74) is 2.60. The van der Waals surface area contributed by atoms with Crippen molar-refractivity contribution in [1.82, 2.24) is 15.0 Å². The Balaban J connectivity index is 1.75. The predicted octanol–water partition coefficient (Wildman–Crippen LogP) is 2.88. The van der Waals surface area contributed by atoms with Crippen molar-refractivity contribution in [3.63, 3.8) is 0 Å². The van der Waals surface area contributed by atoms with Gasteiger partial charge in [-0.3, -0.25) is 4.79 Å². The van der Waals surface area contributed by atoms with Crippen molar-refractivity contribution >= 4 is 11.8 Å². The van der Waals surface area contributed by atoms with E-state index in [1.165, 1.54) is 11.8 Å². The summed E-state index contributed by atoms with van der Waals surface area (Å²) in [6.07, 6.45) is 0.298. The molecule has 0 fully saturated rings. The van der Waals surface area contributed by atoms with E-state index < -0.39 is 0 Å². The van der Waals surface area contributed by atoms with Gasteiger partial charge in [-0.25, -0.2) is 9.97 Å². The molecule has 2 heterocycles. The van der Waals surface area contributed by atoms with Crippen LogP contribution in [0.2, 0.25) is 0 Å². The van der Waals surface area contributed by atoms with Gasteiger partial charge in [0, 0.05) is 35.6 Å². The van der Waals surface area contributed by atoms with Gasteiger partial charge < -0.3 is 19.2 Å². The topological polar surface area (TPSA) is 101 Å². The minimum absolute atomic E-state index is 0.0790. The molecule has 0 unspecified atom stereocenters. The smallest absolute Gasteiger partial charge is 0.255 e. The Labute approximate surface area is 160 Å². The molecule has 8 heteroatoms. The number of aryl methyl sites for hydroxylation is 2. The van der Waals surface area contributed by atoms with Crippen molar-refractivity contribution in [2.45, 2.75) is 31.2 Å². The lowest BCUT2D eigenvalue weighted by molar-refractivity contribution is 0.298. The van der Waals surface area contributed by atoms with Crippen LogP contribution >= 0.6 is 11.8 Å². The number of hydrogen-bond donors (Lipinski definition) is 2. The fourth-order valence-electron chi connectivity index (χ4n) is 2.61. The van der Waals surface area contributed by atoms with Gasteiger partial charge in [0.15, 0.2) is 5.16 Å². The number of benzene rings is 1. The Hall–Kier alpha value is -2.58. The first-order chi connectivity index (χ1) is 13.0. The Morgan fingerprint density at radius 2 is 1.96 bits per heavy atom. The van der Waals surface area contributed by atoms with Crippen molar-refractivity contribution in [1.29, 1.82) is 0 Å². The summed E-state index contributed by atoms with van der Waals surface area (Å²) in [4.78, 5) is 23.8. The summed E-state index contributed by atoms with van der Waals surface area (Å²) in [5.74, 6) is 2.56. The third-order valence-corrected chi connectivity index (χ3v) is 5.02. The van der Waals surface area contributed by atoms with Crippen LogP contribution < -0.4 is 10.3 Å². The van der Waals surface area contributed by atoms with E-state index in [-0.39, 0.29) is 12.2 Å². The van der Waals surface area contributed by atoms with Gasteiger partial charge in [-0.05, 0) is 38.1 Å². The summed E-state index contributed by atoms with van der Waals surface area (Å²) in [6, 6.07) is 7.50. The van der Waals surface area contributed by atoms with Crippen molar-refractivity contribution in [3.05, 3.63) is 57.3 Å². The van der Waals surface area contributed by atoms with Crippen molar-refractivity contribution in [3.8, 4) is 17.2 Å². The maximum absolute atomic E-state index is 12.1. The number of oxazole rings is 1. The monoisotopic (exact) mass is 387 g/mol. The molecule has 7 nitrogen and oxygen atoms in total. The van der Waals surface area contributed by atoms with Crippen LogP contribution in [0.25, 0.3) is 11.5 Å². The van der Waals surface area contributed by atoms with Crippen LogP contribution in [-0.2, 0) is 12.2 Å². The van der Waals surface area contributed by atoms with E-state index in [4.69, 9.17) is 14.3 Å². The SMILES string of the molecule is COc1ccc(-c2nc(CSc3nc(C)c(CCO)c(=O)[nH]3)c(C)o2)cc1. The molecule has 0 saturated heterocycles. The van der Waals surface area contributed by atoms with E-state index in [2.05, 4.69) is 15.0 Å². The molecule has 142 valence electrons. The second-order valence-electron chi connectivity index (χ2n) is 5.95. The number of aromatic nitrogens is 3. The van der Waals surface area contributed by atoms with Gasteiger partial charge >= 0.3 is 0 Å². The number of aliphatic hydroxyl groups is 1. The molecular formula is C19H21N3O4S. The van der Waals surface area contributed by atoms with E-state index in [0.717, 1.165) is 22.8 Å². The maximum atomic E-state index is 12.1. The van der Waals surface area contributed by atoms with Crippen LogP contribution in [-0.4, -0.2) is 33.8 Å². The molecule has 3 rings (SSSR count). The number of rotatable bonds is 7. The van der Waals surface area contributed by atoms with E-state index in [1.54, 1.807) is 14.0 Å². The number of thioether (sulfide) groups is 1. The highest BCUT2D eigenvalue weighted by Crippen LogP contribution is 2.27. The minimum Gasteiger partial charge on any atom is -0.497 e. The highest BCUT2D eigenvalue weighted by molar-refractivity contribution is 7.98. The summed E-state index contributed by atoms with van der Waals surface area (Å²) < 4.78 is 10.9. The Morgan fingerprint density at radius 1 is 1.22 bits per heavy atom. The molecule has 0 spiro atoms. The maximum Gasteiger partial charge on any atom is 0.255 e. The molecule has 2 aromatic heterocycles. The third-order valence-electron chi connectivity index (χ3n) is 4.14. The number of nitrogens with zero attached hydrogens (tertiary/aromatic N) is 2. The van der Waals surface area contributed by atoms with Gasteiger partial charge in [-0.2, -0.15) is 0 Å². The number of H-pyrrole nitrogens is 1. The molecule has 0 bridgehead atoms. The lowest BCUT2D eigenvalue weighted by atomic mass is 10.2. The summed E-state index contributed by atoms with van der Waals surface area (Å²) in [7, 11) is 1.62. The van der Waals surface area contributed by atoms with Crippen LogP contribution in [0.4, 0.5) is 0 Å². The molecule has 27 heavy (non-hydrogen) atoms. The van der Waals surface area contributed by atoms with Crippen LogP contribution in [0.1, 0.15) is 22.7 Å². The van der Waals surface area contributed by atoms with Gasteiger partial charge in [0.2, 0.25) is 5.89 Å². The van der Waals surface area contributed by atoms with Crippen molar-refractivity contribution in [2.75, 3.05) is 13.7 Å². The van der Waals surface area contributed by atoms with Crippen LogP contribution in [0, 0.1) is 13.8 Å². The highest BCUT2D eigenvalue weighted by atomic mass is 32.2. The molecule has 0 amide bonds. The average Bonchev–Trinajstić information content (AvgIpc) is 3.04. The normalized spacial score (nSPS) is 11.0. The highest BCUT2D eigenvalue weighted by Gasteiger charge is 2.14. The third kappa shape index (κ3) is 4.40. The molecule has 0 atom stereocenters. The molecule has 3 aromatic rings. The van der Waals surface area contributed by atoms with Crippen LogP contribution in [0.15, 0.2) is 38.6 Å². The number of aromatic amines is 1. The summed E-state index contributed by atoms with van der Waals surface area (Å²) >= 11 is 1.39. The van der Waals surface area contributed by atoms with Crippen LogP contribution in [0.5, 0.6) is 5.75 Å². The van der Waals surface area contributed by atoms with E-state index in [0.29, 0.717) is 34.5 Å². The molecule has 0 saturated carbocycles. The first-order valence-corrected chi connectivity index (χ1v) is 9.44. The van der Waals surface area contributed by atoms with E-state index in [1.807, 2.05) is 31.2 Å². The Bertz CT molecular complexity index is 980. The molecular weight excluding hydrogens is 366 g/mol. The molecule has 2 N–H and O–H groups in total. The van der Waals surface area contributed by atoms with Crippen molar-refractivity contribution < 1.29 is 14.3 Å². The Morgan fingerprint density at radius 3 is 2.59 bits per heavy atom. The Kier molecular flexibility index (Phi) is 5.98. The standard InChI is InChI=1S/C19H21N3O4S/c1-11-15(8-9-23)17(24)22-19(20-11)27-10-16-12(2)26-18(21-16)13-4-6-14(25-3)7-5-13/h4-7,23H,8-10H2,1-3H3,(H,20,22,24). The fraction of sp³-hybridized carbons (Fsp3) is 0.316. The van der Waals surface area contributed by atoms with Gasteiger partial charge in [-0.15, -0.1) is 0 Å². The van der Waals surface area contributed by atoms with Crippen LogP contribution in [0.3, 0.4) is 0 Å². The first-order valence-electron chi connectivity index (χ1n) is 8.46. The first kappa shape index (κ1) is 19.2. The van der Waals surface area contributed by atoms with Gasteiger partial charge in [0.25, 0.3) is 5.56 Å². The van der Waals surface area contributed by atoms with E-state index in [9.17, 15) is 4.79 Å². The number of methoxy groups -OCH3 is 1. The molecule has 1 aromatic carbocycles. The lowest BCUT2D eigenvalue weighted by Gasteiger charge is -2.05. The number of nitrogens with one attached hydrogen (secondary N) is 1. The van der Waals surface area contributed by atoms with Gasteiger partial charge in [0.1, 0.15) is 11.5 Å². The number of hydrogen-bond acceptors (Lipinski definition) is 7. The van der Waals surface area contributed by atoms with Gasteiger partial charge in [0.05, 0.1) is 12.8 Å². The van der Waals surface area contributed by atoms with E-state index >= 15 is 0 Å². The lowest BCUT2D eigenvalue weighted by Crippen LogP contribution is -2.18. The zero-order valence-corrected chi connectivity index (χ0v) is 16.2. The number of aliphatic hydroxyl groups excluding tert-OH is 1. The largest absolute Gasteiger partial charge is 0.497 e. The average molecular weight is 387 g/mol. The zero-order chi connectivity index (χ0) is 19.4. The van der Waals surface area contributed by atoms with Gasteiger partial charge in [-0.1, -0.05) is 11.8 Å². The number of ether oxygens (including phenoxy) is 1. The quantitative estimate of drug-likeness (QED) is 0.475. The predicted molar refractivity (Wildman–Crippen MR) is 103 cm³/mol. The molecule has 0 aliphatic heterocycles. The molecule has 0 radical (unpaired) electrons. The fourth-order valence-corrected chi connectivity index (χ4v) is 3.52.